The lowest BCUT2D eigenvalue weighted by atomic mass is 9.97. The smallest absolute Gasteiger partial charge is 0.326 e. The molecule has 0 saturated carbocycles. The van der Waals surface area contributed by atoms with Crippen molar-refractivity contribution in [2.75, 3.05) is 19.4 Å². The summed E-state index contributed by atoms with van der Waals surface area (Å²) in [6.45, 7) is 4.09. The lowest BCUT2D eigenvalue weighted by Crippen LogP contribution is -2.48. The molecule has 1 heterocycles. The Labute approximate surface area is 118 Å². The summed E-state index contributed by atoms with van der Waals surface area (Å²) in [6.07, 6.45) is 5.07. The minimum absolute atomic E-state index is 0.196. The minimum Gasteiger partial charge on any atom is -0.465 e. The lowest BCUT2D eigenvalue weighted by molar-refractivity contribution is -0.150. The van der Waals surface area contributed by atoms with Crippen molar-refractivity contribution in [1.82, 2.24) is 15.3 Å². The Hall–Kier alpha value is -1.14. The number of esters is 1. The van der Waals surface area contributed by atoms with Gasteiger partial charge in [0.25, 0.3) is 0 Å². The van der Waals surface area contributed by atoms with Crippen molar-refractivity contribution in [2.45, 2.75) is 37.4 Å². The summed E-state index contributed by atoms with van der Waals surface area (Å²) >= 11 is 1.59. The fraction of sp³-hybridized carbons (Fsp3) is 0.615. The van der Waals surface area contributed by atoms with Crippen LogP contribution in [0.1, 0.15) is 26.7 Å². The quantitative estimate of drug-likeness (QED) is 0.340. The highest BCUT2D eigenvalue weighted by Crippen LogP contribution is 2.19. The van der Waals surface area contributed by atoms with E-state index in [-0.39, 0.29) is 5.97 Å². The van der Waals surface area contributed by atoms with Crippen LogP contribution in [0.4, 0.5) is 0 Å². The van der Waals surface area contributed by atoms with Crippen LogP contribution < -0.4 is 5.32 Å². The normalized spacial score (nSPS) is 13.8. The molecule has 1 rings (SSSR count). The number of hydrogen-bond acceptors (Lipinski definition) is 6. The van der Waals surface area contributed by atoms with Crippen molar-refractivity contribution in [3.63, 3.8) is 0 Å². The van der Waals surface area contributed by atoms with E-state index in [0.717, 1.165) is 23.8 Å². The standard InChI is InChI=1S/C13H21N3O2S/c1-4-18-11(17)13(2,14-3)7-5-10-19-12-15-8-6-9-16-12/h6,8-9,14H,4-5,7,10H2,1-3H3. The van der Waals surface area contributed by atoms with Gasteiger partial charge in [-0.15, -0.1) is 0 Å². The molecule has 1 aromatic rings. The maximum atomic E-state index is 11.8. The molecule has 0 aliphatic carbocycles. The van der Waals surface area contributed by atoms with Crippen LogP contribution in [0.3, 0.4) is 0 Å². The largest absolute Gasteiger partial charge is 0.465 e. The number of hydrogen-bond donors (Lipinski definition) is 1. The van der Waals surface area contributed by atoms with Gasteiger partial charge >= 0.3 is 5.97 Å². The van der Waals surface area contributed by atoms with Gasteiger partial charge < -0.3 is 10.1 Å². The molecule has 0 amide bonds. The van der Waals surface area contributed by atoms with Crippen molar-refractivity contribution in [1.29, 1.82) is 0 Å². The number of nitrogens with zero attached hydrogens (tertiary/aromatic N) is 2. The van der Waals surface area contributed by atoms with E-state index < -0.39 is 5.54 Å². The van der Waals surface area contributed by atoms with Crippen LogP contribution in [0.25, 0.3) is 0 Å². The van der Waals surface area contributed by atoms with E-state index in [9.17, 15) is 4.79 Å². The van der Waals surface area contributed by atoms with Crippen LogP contribution in [-0.2, 0) is 9.53 Å². The molecule has 19 heavy (non-hydrogen) atoms. The van der Waals surface area contributed by atoms with Crippen molar-refractivity contribution < 1.29 is 9.53 Å². The van der Waals surface area contributed by atoms with Crippen LogP contribution in [-0.4, -0.2) is 40.9 Å². The Morgan fingerprint density at radius 1 is 1.47 bits per heavy atom. The number of aromatic nitrogens is 2. The van der Waals surface area contributed by atoms with Gasteiger partial charge in [-0.05, 0) is 39.8 Å². The first-order valence-electron chi connectivity index (χ1n) is 6.38. The van der Waals surface area contributed by atoms with Gasteiger partial charge in [0.05, 0.1) is 6.61 Å². The molecule has 1 N–H and O–H groups in total. The molecule has 0 spiro atoms. The highest BCUT2D eigenvalue weighted by Gasteiger charge is 2.32. The molecule has 1 atom stereocenters. The molecule has 0 saturated heterocycles. The summed E-state index contributed by atoms with van der Waals surface area (Å²) in [5.74, 6) is 0.680. The fourth-order valence-corrected chi connectivity index (χ4v) is 2.31. The van der Waals surface area contributed by atoms with Crippen LogP contribution in [0.5, 0.6) is 0 Å². The van der Waals surface area contributed by atoms with E-state index in [0.29, 0.717) is 6.61 Å². The zero-order chi connectivity index (χ0) is 14.1. The molecule has 0 fully saturated rings. The van der Waals surface area contributed by atoms with Gasteiger partial charge in [-0.2, -0.15) is 0 Å². The average molecular weight is 283 g/mol. The summed E-state index contributed by atoms with van der Waals surface area (Å²) in [4.78, 5) is 20.1. The Bertz CT molecular complexity index is 389. The number of carbonyl (C=O) groups excluding carboxylic acids is 1. The number of thioether (sulfide) groups is 1. The highest BCUT2D eigenvalue weighted by molar-refractivity contribution is 7.99. The number of carbonyl (C=O) groups is 1. The number of rotatable bonds is 8. The fourth-order valence-electron chi connectivity index (χ4n) is 1.57. The third kappa shape index (κ3) is 5.16. The third-order valence-electron chi connectivity index (χ3n) is 2.87. The maximum absolute atomic E-state index is 11.8. The molecular weight excluding hydrogens is 262 g/mol. The molecule has 106 valence electrons. The van der Waals surface area contributed by atoms with Crippen molar-refractivity contribution in [3.05, 3.63) is 18.5 Å². The van der Waals surface area contributed by atoms with Crippen LogP contribution in [0, 0.1) is 0 Å². The average Bonchev–Trinajstić information content (AvgIpc) is 2.44. The molecule has 0 aliphatic rings. The van der Waals surface area contributed by atoms with Crippen LogP contribution >= 0.6 is 11.8 Å². The summed E-state index contributed by atoms with van der Waals surface area (Å²) in [7, 11) is 1.78. The summed E-state index contributed by atoms with van der Waals surface area (Å²) in [5, 5.41) is 3.81. The van der Waals surface area contributed by atoms with Gasteiger partial charge in [0.2, 0.25) is 0 Å². The minimum atomic E-state index is -0.617. The predicted molar refractivity (Wildman–Crippen MR) is 76.1 cm³/mol. The molecule has 6 heteroatoms. The molecule has 1 unspecified atom stereocenters. The number of ether oxygens (including phenoxy) is 1. The van der Waals surface area contributed by atoms with Gasteiger partial charge in [0.1, 0.15) is 5.54 Å². The Balaban J connectivity index is 2.35. The van der Waals surface area contributed by atoms with E-state index >= 15 is 0 Å². The summed E-state index contributed by atoms with van der Waals surface area (Å²) in [5.41, 5.74) is -0.617. The van der Waals surface area contributed by atoms with E-state index in [2.05, 4.69) is 15.3 Å². The van der Waals surface area contributed by atoms with Crippen molar-refractivity contribution in [2.24, 2.45) is 0 Å². The van der Waals surface area contributed by atoms with Crippen molar-refractivity contribution >= 4 is 17.7 Å². The Morgan fingerprint density at radius 3 is 2.74 bits per heavy atom. The number of likely N-dealkylation sites (N-methyl/N-ethyl adjacent to an activating group) is 1. The second kappa shape index (κ2) is 8.12. The molecule has 1 aromatic heterocycles. The van der Waals surface area contributed by atoms with Gasteiger partial charge in [-0.3, -0.25) is 4.79 Å². The van der Waals surface area contributed by atoms with Gasteiger partial charge in [0, 0.05) is 18.1 Å². The summed E-state index contributed by atoms with van der Waals surface area (Å²) < 4.78 is 5.08. The number of nitrogens with one attached hydrogen (secondary N) is 1. The van der Waals surface area contributed by atoms with Gasteiger partial charge in [-0.25, -0.2) is 9.97 Å². The zero-order valence-corrected chi connectivity index (χ0v) is 12.5. The second-order valence-electron chi connectivity index (χ2n) is 4.29. The third-order valence-corrected chi connectivity index (χ3v) is 3.83. The molecule has 0 bridgehead atoms. The monoisotopic (exact) mass is 283 g/mol. The first-order valence-corrected chi connectivity index (χ1v) is 7.37. The molecule has 0 aromatic carbocycles. The second-order valence-corrected chi connectivity index (χ2v) is 5.35. The van der Waals surface area contributed by atoms with Gasteiger partial charge in [0.15, 0.2) is 5.16 Å². The molecule has 5 nitrogen and oxygen atoms in total. The predicted octanol–water partition coefficient (Wildman–Crippen LogP) is 1.89. The molecule has 0 aliphatic heterocycles. The van der Waals surface area contributed by atoms with E-state index in [1.165, 1.54) is 0 Å². The Kier molecular flexibility index (Phi) is 6.80. The van der Waals surface area contributed by atoms with Gasteiger partial charge in [-0.1, -0.05) is 11.8 Å². The zero-order valence-electron chi connectivity index (χ0n) is 11.7. The lowest BCUT2D eigenvalue weighted by Gasteiger charge is -2.26. The van der Waals surface area contributed by atoms with E-state index in [4.69, 9.17) is 4.74 Å². The topological polar surface area (TPSA) is 64.1 Å². The van der Waals surface area contributed by atoms with E-state index in [1.54, 1.807) is 37.3 Å². The molecular formula is C13H21N3O2S. The maximum Gasteiger partial charge on any atom is 0.326 e. The van der Waals surface area contributed by atoms with Crippen LogP contribution in [0.15, 0.2) is 23.6 Å². The first kappa shape index (κ1) is 15.9. The van der Waals surface area contributed by atoms with Crippen LogP contribution in [0.2, 0.25) is 0 Å². The Morgan fingerprint density at radius 2 is 2.16 bits per heavy atom. The molecule has 0 radical (unpaired) electrons. The highest BCUT2D eigenvalue weighted by atomic mass is 32.2. The SMILES string of the molecule is CCOC(=O)C(C)(CCCSc1ncccn1)NC. The first-order chi connectivity index (χ1) is 9.12. The van der Waals surface area contributed by atoms with Crippen molar-refractivity contribution in [3.8, 4) is 0 Å². The van der Waals surface area contributed by atoms with E-state index in [1.807, 2.05) is 13.8 Å². The summed E-state index contributed by atoms with van der Waals surface area (Å²) in [6, 6.07) is 1.79.